The Hall–Kier alpha value is -2.04. The van der Waals surface area contributed by atoms with Gasteiger partial charge in [-0.2, -0.15) is 0 Å². The number of rotatable bonds is 4. The fourth-order valence-corrected chi connectivity index (χ4v) is 3.55. The topological polar surface area (TPSA) is 45.3 Å². The first-order valence-corrected chi connectivity index (χ1v) is 8.51. The van der Waals surface area contributed by atoms with Crippen molar-refractivity contribution >= 4 is 16.8 Å². The quantitative estimate of drug-likeness (QED) is 0.913. The molecule has 0 saturated carbocycles. The first-order chi connectivity index (χ1) is 11.4. The maximum atomic E-state index is 13.8. The Morgan fingerprint density at radius 1 is 1.33 bits per heavy atom. The Balaban J connectivity index is 1.67. The second-order valence-corrected chi connectivity index (χ2v) is 7.29. The van der Waals surface area contributed by atoms with Crippen LogP contribution >= 0.6 is 0 Å². The summed E-state index contributed by atoms with van der Waals surface area (Å²) in [6.07, 6.45) is 2.31. The molecule has 1 aromatic heterocycles. The summed E-state index contributed by atoms with van der Waals surface area (Å²) in [4.78, 5) is 17.8. The number of benzene rings is 1. The Morgan fingerprint density at radius 2 is 2.04 bits per heavy atom. The number of hydrogen-bond acceptors (Lipinski definition) is 2. The standard InChI is InChI=1S/C19H25FN2O2/c1-19(2,20)12-13-6-8-22(9-7-13)18(23)17-11-14-10-15(24-3)4-5-16(14)21-17/h4-5,10-11,13,21H,6-9,12H2,1-3H3. The minimum Gasteiger partial charge on any atom is -0.497 e. The number of amides is 1. The fourth-order valence-electron chi connectivity index (χ4n) is 3.55. The molecular formula is C19H25FN2O2. The molecule has 1 aliphatic rings. The van der Waals surface area contributed by atoms with E-state index < -0.39 is 5.67 Å². The molecule has 0 bridgehead atoms. The summed E-state index contributed by atoms with van der Waals surface area (Å²) >= 11 is 0. The molecule has 5 heteroatoms. The first-order valence-electron chi connectivity index (χ1n) is 8.51. The summed E-state index contributed by atoms with van der Waals surface area (Å²) < 4.78 is 19.0. The van der Waals surface area contributed by atoms with Crippen molar-refractivity contribution in [3.63, 3.8) is 0 Å². The van der Waals surface area contributed by atoms with Gasteiger partial charge < -0.3 is 14.6 Å². The number of ether oxygens (including phenoxy) is 1. The molecule has 130 valence electrons. The summed E-state index contributed by atoms with van der Waals surface area (Å²) in [5.41, 5.74) is 0.392. The summed E-state index contributed by atoms with van der Waals surface area (Å²) in [5.74, 6) is 1.15. The molecule has 0 spiro atoms. The molecule has 1 saturated heterocycles. The summed E-state index contributed by atoms with van der Waals surface area (Å²) in [5, 5.41) is 0.965. The monoisotopic (exact) mass is 332 g/mol. The molecule has 2 aromatic rings. The largest absolute Gasteiger partial charge is 0.497 e. The van der Waals surface area contributed by atoms with E-state index in [1.165, 1.54) is 0 Å². The lowest BCUT2D eigenvalue weighted by atomic mass is 9.87. The highest BCUT2D eigenvalue weighted by molar-refractivity contribution is 5.98. The van der Waals surface area contributed by atoms with E-state index >= 15 is 0 Å². The molecule has 0 unspecified atom stereocenters. The number of H-pyrrole nitrogens is 1. The number of carbonyl (C=O) groups is 1. The number of nitrogens with zero attached hydrogens (tertiary/aromatic N) is 1. The third-order valence-corrected chi connectivity index (χ3v) is 4.73. The van der Waals surface area contributed by atoms with E-state index in [2.05, 4.69) is 4.98 Å². The number of methoxy groups -OCH3 is 1. The second kappa shape index (κ2) is 6.46. The number of halogens is 1. The lowest BCUT2D eigenvalue weighted by Crippen LogP contribution is -2.39. The van der Waals surface area contributed by atoms with Crippen molar-refractivity contribution in [3.05, 3.63) is 30.0 Å². The molecule has 1 amide bonds. The predicted octanol–water partition coefficient (Wildman–Crippen LogP) is 4.17. The van der Waals surface area contributed by atoms with Gasteiger partial charge in [0.15, 0.2) is 0 Å². The molecule has 24 heavy (non-hydrogen) atoms. The Morgan fingerprint density at radius 3 is 2.67 bits per heavy atom. The lowest BCUT2D eigenvalue weighted by molar-refractivity contribution is 0.0643. The number of piperidine rings is 1. The average molecular weight is 332 g/mol. The van der Waals surface area contributed by atoms with Gasteiger partial charge in [-0.15, -0.1) is 0 Å². The number of aromatic amines is 1. The fraction of sp³-hybridized carbons (Fsp3) is 0.526. The normalized spacial score (nSPS) is 16.6. The highest BCUT2D eigenvalue weighted by Crippen LogP contribution is 2.29. The van der Waals surface area contributed by atoms with Crippen LogP contribution in [-0.4, -0.2) is 41.7 Å². The van der Waals surface area contributed by atoms with Crippen molar-refractivity contribution in [3.8, 4) is 5.75 Å². The van der Waals surface area contributed by atoms with Crippen LogP contribution in [0.15, 0.2) is 24.3 Å². The van der Waals surface area contributed by atoms with Gasteiger partial charge in [-0.1, -0.05) is 0 Å². The van der Waals surface area contributed by atoms with E-state index in [9.17, 15) is 9.18 Å². The van der Waals surface area contributed by atoms with Gasteiger partial charge in [0.1, 0.15) is 17.1 Å². The summed E-state index contributed by atoms with van der Waals surface area (Å²) in [6.45, 7) is 4.64. The number of nitrogens with one attached hydrogen (secondary N) is 1. The van der Waals surface area contributed by atoms with Gasteiger partial charge >= 0.3 is 0 Å². The summed E-state index contributed by atoms with van der Waals surface area (Å²) in [7, 11) is 1.63. The SMILES string of the molecule is COc1ccc2[nH]c(C(=O)N3CCC(CC(C)(C)F)CC3)cc2c1. The van der Waals surface area contributed by atoms with E-state index in [1.54, 1.807) is 21.0 Å². The van der Waals surface area contributed by atoms with Crippen molar-refractivity contribution in [2.24, 2.45) is 5.92 Å². The van der Waals surface area contributed by atoms with Crippen LogP contribution in [0.5, 0.6) is 5.75 Å². The highest BCUT2D eigenvalue weighted by Gasteiger charge is 2.28. The van der Waals surface area contributed by atoms with Gasteiger partial charge in [0.25, 0.3) is 5.91 Å². The number of likely N-dealkylation sites (tertiary alicyclic amines) is 1. The van der Waals surface area contributed by atoms with Crippen LogP contribution in [-0.2, 0) is 0 Å². The third-order valence-electron chi connectivity index (χ3n) is 4.73. The smallest absolute Gasteiger partial charge is 0.270 e. The van der Waals surface area contributed by atoms with E-state index in [0.717, 1.165) is 29.5 Å². The van der Waals surface area contributed by atoms with Crippen molar-refractivity contribution in [2.45, 2.75) is 38.8 Å². The minimum absolute atomic E-state index is 0.0168. The van der Waals surface area contributed by atoms with Gasteiger partial charge in [-0.3, -0.25) is 4.79 Å². The van der Waals surface area contributed by atoms with Crippen LogP contribution in [0.2, 0.25) is 0 Å². The van der Waals surface area contributed by atoms with E-state index in [1.807, 2.05) is 29.2 Å². The first kappa shape index (κ1) is 16.8. The number of hydrogen-bond donors (Lipinski definition) is 1. The van der Waals surface area contributed by atoms with Crippen molar-refractivity contribution in [1.82, 2.24) is 9.88 Å². The predicted molar refractivity (Wildman–Crippen MR) is 93.3 cm³/mol. The number of alkyl halides is 1. The molecule has 0 radical (unpaired) electrons. The number of aromatic nitrogens is 1. The molecule has 0 aliphatic carbocycles. The molecule has 0 atom stereocenters. The van der Waals surface area contributed by atoms with Gasteiger partial charge in [-0.05, 0) is 63.3 Å². The van der Waals surface area contributed by atoms with Crippen LogP contribution in [0.25, 0.3) is 10.9 Å². The zero-order valence-electron chi connectivity index (χ0n) is 14.6. The van der Waals surface area contributed by atoms with Gasteiger partial charge in [0, 0.05) is 24.0 Å². The molecule has 1 aromatic carbocycles. The minimum atomic E-state index is -1.13. The second-order valence-electron chi connectivity index (χ2n) is 7.29. The average Bonchev–Trinajstić information content (AvgIpc) is 2.96. The maximum absolute atomic E-state index is 13.8. The summed E-state index contributed by atoms with van der Waals surface area (Å²) in [6, 6.07) is 7.58. The van der Waals surface area contributed by atoms with Crippen LogP contribution in [0.4, 0.5) is 4.39 Å². The van der Waals surface area contributed by atoms with Crippen molar-refractivity contribution in [1.29, 1.82) is 0 Å². The maximum Gasteiger partial charge on any atom is 0.270 e. The number of carbonyl (C=O) groups excluding carboxylic acids is 1. The molecule has 4 nitrogen and oxygen atoms in total. The van der Waals surface area contributed by atoms with E-state index in [-0.39, 0.29) is 5.91 Å². The van der Waals surface area contributed by atoms with Gasteiger partial charge in [-0.25, -0.2) is 4.39 Å². The van der Waals surface area contributed by atoms with Crippen molar-refractivity contribution < 1.29 is 13.9 Å². The zero-order chi connectivity index (χ0) is 17.3. The van der Waals surface area contributed by atoms with Crippen LogP contribution in [0, 0.1) is 5.92 Å². The van der Waals surface area contributed by atoms with E-state index in [0.29, 0.717) is 31.1 Å². The Bertz CT molecular complexity index is 725. The van der Waals surface area contributed by atoms with Crippen molar-refractivity contribution in [2.75, 3.05) is 20.2 Å². The van der Waals surface area contributed by atoms with E-state index in [4.69, 9.17) is 4.74 Å². The Labute approximate surface area is 142 Å². The molecular weight excluding hydrogens is 307 g/mol. The number of fused-ring (bicyclic) bond motifs is 1. The van der Waals surface area contributed by atoms with Gasteiger partial charge in [0.2, 0.25) is 0 Å². The highest BCUT2D eigenvalue weighted by atomic mass is 19.1. The molecule has 2 heterocycles. The van der Waals surface area contributed by atoms with Crippen LogP contribution in [0.3, 0.4) is 0 Å². The zero-order valence-corrected chi connectivity index (χ0v) is 14.6. The molecule has 1 fully saturated rings. The lowest BCUT2D eigenvalue weighted by Gasteiger charge is -2.33. The third kappa shape index (κ3) is 3.71. The van der Waals surface area contributed by atoms with Gasteiger partial charge in [0.05, 0.1) is 7.11 Å². The molecule has 1 aliphatic heterocycles. The molecule has 1 N–H and O–H groups in total. The molecule has 3 rings (SSSR count). The Kier molecular flexibility index (Phi) is 4.52. The van der Waals surface area contributed by atoms with Crippen LogP contribution < -0.4 is 4.74 Å². The van der Waals surface area contributed by atoms with Crippen LogP contribution in [0.1, 0.15) is 43.6 Å².